The lowest BCUT2D eigenvalue weighted by Crippen LogP contribution is -2.08. The van der Waals surface area contributed by atoms with Crippen LogP contribution in [0.3, 0.4) is 0 Å². The number of hydrazone groups is 1. The molecule has 6 heteroatoms. The van der Waals surface area contributed by atoms with Gasteiger partial charge in [0.1, 0.15) is 10.6 Å². The average Bonchev–Trinajstić information content (AvgIpc) is 2.92. The predicted octanol–water partition coefficient (Wildman–Crippen LogP) is 2.91. The molecule has 2 heterocycles. The van der Waals surface area contributed by atoms with Crippen LogP contribution in [0.1, 0.15) is 15.2 Å². The van der Waals surface area contributed by atoms with Crippen LogP contribution in [0.25, 0.3) is 0 Å². The molecule has 0 radical (unpaired) electrons. The van der Waals surface area contributed by atoms with Crippen molar-refractivity contribution in [3.63, 3.8) is 0 Å². The van der Waals surface area contributed by atoms with Gasteiger partial charge in [-0.1, -0.05) is 6.07 Å². The molecule has 2 aromatic rings. The van der Waals surface area contributed by atoms with E-state index in [1.54, 1.807) is 18.3 Å². The molecule has 1 aliphatic rings. The summed E-state index contributed by atoms with van der Waals surface area (Å²) in [6.45, 7) is 0. The van der Waals surface area contributed by atoms with Gasteiger partial charge in [0.15, 0.2) is 0 Å². The summed E-state index contributed by atoms with van der Waals surface area (Å²) in [7, 11) is 0. The van der Waals surface area contributed by atoms with E-state index in [1.165, 1.54) is 23.3 Å². The summed E-state index contributed by atoms with van der Waals surface area (Å²) in [6.07, 6.45) is 1.73. The summed E-state index contributed by atoms with van der Waals surface area (Å²) >= 11 is 2.76. The van der Waals surface area contributed by atoms with E-state index in [0.717, 1.165) is 10.5 Å². The SMILES string of the molecule is O=C(Oc1ccc2c(c1)SNN=C2)c1cccs1. The van der Waals surface area contributed by atoms with Gasteiger partial charge in [-0.2, -0.15) is 5.10 Å². The molecule has 0 atom stereocenters. The fourth-order valence-electron chi connectivity index (χ4n) is 1.50. The fraction of sp³-hybridized carbons (Fsp3) is 0. The Hall–Kier alpha value is -1.79. The number of benzene rings is 1. The quantitative estimate of drug-likeness (QED) is 0.520. The first-order valence-corrected chi connectivity index (χ1v) is 6.87. The minimum atomic E-state index is -0.326. The minimum Gasteiger partial charge on any atom is -0.422 e. The summed E-state index contributed by atoms with van der Waals surface area (Å²) in [6, 6.07) is 9.04. The Morgan fingerprint density at radius 2 is 2.28 bits per heavy atom. The summed E-state index contributed by atoms with van der Waals surface area (Å²) in [5.41, 5.74) is 1.01. The zero-order chi connectivity index (χ0) is 12.4. The maximum Gasteiger partial charge on any atom is 0.353 e. The van der Waals surface area contributed by atoms with Crippen molar-refractivity contribution in [1.82, 2.24) is 4.83 Å². The molecule has 18 heavy (non-hydrogen) atoms. The van der Waals surface area contributed by atoms with Gasteiger partial charge < -0.3 is 4.74 Å². The second kappa shape index (κ2) is 4.83. The minimum absolute atomic E-state index is 0.326. The number of thiophene rings is 1. The zero-order valence-electron chi connectivity index (χ0n) is 9.12. The molecule has 0 fully saturated rings. The molecule has 0 aliphatic carbocycles. The third kappa shape index (κ3) is 2.25. The van der Waals surface area contributed by atoms with Crippen LogP contribution in [0, 0.1) is 0 Å². The maximum absolute atomic E-state index is 11.8. The van der Waals surface area contributed by atoms with E-state index in [9.17, 15) is 4.79 Å². The molecule has 90 valence electrons. The molecule has 0 saturated heterocycles. The van der Waals surface area contributed by atoms with Crippen molar-refractivity contribution >= 4 is 35.5 Å². The molecule has 1 N–H and O–H groups in total. The van der Waals surface area contributed by atoms with Crippen molar-refractivity contribution in [3.8, 4) is 5.75 Å². The van der Waals surface area contributed by atoms with E-state index in [1.807, 2.05) is 23.6 Å². The summed E-state index contributed by atoms with van der Waals surface area (Å²) in [5, 5.41) is 5.78. The van der Waals surface area contributed by atoms with Crippen LogP contribution in [-0.4, -0.2) is 12.2 Å². The topological polar surface area (TPSA) is 50.7 Å². The molecular formula is C12H8N2O2S2. The molecule has 0 saturated carbocycles. The largest absolute Gasteiger partial charge is 0.422 e. The Labute approximate surface area is 112 Å². The number of ether oxygens (including phenoxy) is 1. The number of nitrogens with one attached hydrogen (secondary N) is 1. The van der Waals surface area contributed by atoms with Crippen molar-refractivity contribution in [3.05, 3.63) is 46.2 Å². The first-order chi connectivity index (χ1) is 8.83. The Balaban J connectivity index is 1.81. The second-order valence-electron chi connectivity index (χ2n) is 3.52. The highest BCUT2D eigenvalue weighted by molar-refractivity contribution is 7.97. The molecule has 0 spiro atoms. The van der Waals surface area contributed by atoms with Gasteiger partial charge in [-0.25, -0.2) is 9.63 Å². The third-order valence-corrected chi connectivity index (χ3v) is 3.95. The smallest absolute Gasteiger partial charge is 0.353 e. The highest BCUT2D eigenvalue weighted by Gasteiger charge is 2.12. The molecule has 1 aromatic heterocycles. The van der Waals surface area contributed by atoms with Crippen LogP contribution < -0.4 is 9.57 Å². The lowest BCUT2D eigenvalue weighted by atomic mass is 10.2. The molecule has 1 aromatic carbocycles. The molecule has 3 rings (SSSR count). The molecule has 0 unspecified atom stereocenters. The number of nitrogens with zero attached hydrogens (tertiary/aromatic N) is 1. The van der Waals surface area contributed by atoms with Gasteiger partial charge in [-0.3, -0.25) is 0 Å². The van der Waals surface area contributed by atoms with Gasteiger partial charge in [0.05, 0.1) is 6.21 Å². The van der Waals surface area contributed by atoms with E-state index >= 15 is 0 Å². The number of hydrogen-bond acceptors (Lipinski definition) is 6. The normalized spacial score (nSPS) is 12.7. The number of carbonyl (C=O) groups excluding carboxylic acids is 1. The Kier molecular flexibility index (Phi) is 3.04. The summed E-state index contributed by atoms with van der Waals surface area (Å²) < 4.78 is 5.31. The van der Waals surface area contributed by atoms with E-state index in [4.69, 9.17) is 4.74 Å². The molecule has 0 amide bonds. The third-order valence-electron chi connectivity index (χ3n) is 2.33. The summed E-state index contributed by atoms with van der Waals surface area (Å²) in [4.78, 5) is 16.2. The van der Waals surface area contributed by atoms with Crippen molar-refractivity contribution in [2.24, 2.45) is 5.10 Å². The Morgan fingerprint density at radius 3 is 3.11 bits per heavy atom. The van der Waals surface area contributed by atoms with Gasteiger partial charge in [-0.15, -0.1) is 11.3 Å². The monoisotopic (exact) mass is 276 g/mol. The zero-order valence-corrected chi connectivity index (χ0v) is 10.8. The maximum atomic E-state index is 11.8. The van der Waals surface area contributed by atoms with E-state index in [2.05, 4.69) is 9.93 Å². The number of rotatable bonds is 2. The highest BCUT2D eigenvalue weighted by atomic mass is 32.2. The molecular weight excluding hydrogens is 268 g/mol. The van der Waals surface area contributed by atoms with Crippen LogP contribution in [0.2, 0.25) is 0 Å². The van der Waals surface area contributed by atoms with Crippen LogP contribution in [-0.2, 0) is 0 Å². The number of carbonyl (C=O) groups is 1. The van der Waals surface area contributed by atoms with Crippen molar-refractivity contribution in [2.45, 2.75) is 4.90 Å². The Morgan fingerprint density at radius 1 is 1.33 bits per heavy atom. The molecule has 4 nitrogen and oxygen atoms in total. The van der Waals surface area contributed by atoms with Crippen LogP contribution in [0.5, 0.6) is 5.75 Å². The number of esters is 1. The van der Waals surface area contributed by atoms with Crippen LogP contribution in [0.15, 0.2) is 45.7 Å². The van der Waals surface area contributed by atoms with Crippen LogP contribution >= 0.6 is 23.3 Å². The highest BCUT2D eigenvalue weighted by Crippen LogP contribution is 2.27. The molecule has 0 bridgehead atoms. The van der Waals surface area contributed by atoms with E-state index in [0.29, 0.717) is 10.6 Å². The Bertz CT molecular complexity index is 609. The van der Waals surface area contributed by atoms with E-state index in [-0.39, 0.29) is 5.97 Å². The lowest BCUT2D eigenvalue weighted by Gasteiger charge is -2.11. The first-order valence-electron chi connectivity index (χ1n) is 5.17. The van der Waals surface area contributed by atoms with Gasteiger partial charge >= 0.3 is 5.97 Å². The fourth-order valence-corrected chi connectivity index (χ4v) is 2.71. The number of fused-ring (bicyclic) bond motifs is 1. The van der Waals surface area contributed by atoms with Gasteiger partial charge in [-0.05, 0) is 29.6 Å². The number of hydrogen-bond donors (Lipinski definition) is 1. The predicted molar refractivity (Wildman–Crippen MR) is 72.3 cm³/mol. The summed E-state index contributed by atoms with van der Waals surface area (Å²) in [5.74, 6) is 0.212. The van der Waals surface area contributed by atoms with Crippen molar-refractivity contribution in [1.29, 1.82) is 0 Å². The lowest BCUT2D eigenvalue weighted by molar-refractivity contribution is 0.0739. The van der Waals surface area contributed by atoms with Gasteiger partial charge in [0, 0.05) is 22.4 Å². The van der Waals surface area contributed by atoms with E-state index < -0.39 is 0 Å². The second-order valence-corrected chi connectivity index (χ2v) is 5.29. The van der Waals surface area contributed by atoms with Crippen molar-refractivity contribution < 1.29 is 9.53 Å². The molecule has 1 aliphatic heterocycles. The first kappa shape index (κ1) is 11.3. The standard InChI is InChI=1S/C12H8N2O2S2/c15-12(10-2-1-5-17-10)16-9-4-3-8-7-13-14-18-11(8)6-9/h1-7,14H. The van der Waals surface area contributed by atoms with Gasteiger partial charge in [0.2, 0.25) is 0 Å². The average molecular weight is 276 g/mol. The van der Waals surface area contributed by atoms with Crippen molar-refractivity contribution in [2.75, 3.05) is 0 Å². The van der Waals surface area contributed by atoms with Crippen LogP contribution in [0.4, 0.5) is 0 Å². The van der Waals surface area contributed by atoms with Gasteiger partial charge in [0.25, 0.3) is 0 Å².